The molecule has 19 heavy (non-hydrogen) atoms. The predicted octanol–water partition coefficient (Wildman–Crippen LogP) is 3.88. The molecule has 0 spiro atoms. The molecule has 0 aliphatic heterocycles. The largest absolute Gasteiger partial charge is 0.396 e. The smallest absolute Gasteiger partial charge is 0.0771 e. The standard InChI is InChI=1S/C16H16ClNO/c17-15-8-6-13(7-9-15)12-18-16(10-11-19)14-4-2-1-3-5-14/h1-9,12,16,19H,10-11H2. The zero-order valence-corrected chi connectivity index (χ0v) is 11.3. The number of aliphatic hydroxyl groups is 1. The van der Waals surface area contributed by atoms with Gasteiger partial charge in [-0.25, -0.2) is 0 Å². The van der Waals surface area contributed by atoms with Crippen LogP contribution in [0.3, 0.4) is 0 Å². The van der Waals surface area contributed by atoms with Crippen LogP contribution in [0.1, 0.15) is 23.6 Å². The van der Waals surface area contributed by atoms with E-state index in [1.54, 1.807) is 0 Å². The first-order valence-electron chi connectivity index (χ1n) is 6.24. The predicted molar refractivity (Wildman–Crippen MR) is 79.9 cm³/mol. The molecule has 0 bridgehead atoms. The third-order valence-corrected chi connectivity index (χ3v) is 3.11. The Hall–Kier alpha value is -1.64. The minimum Gasteiger partial charge on any atom is -0.396 e. The molecule has 2 rings (SSSR count). The molecule has 0 aliphatic rings. The van der Waals surface area contributed by atoms with Crippen molar-refractivity contribution in [1.82, 2.24) is 0 Å². The lowest BCUT2D eigenvalue weighted by Crippen LogP contribution is -1.99. The lowest BCUT2D eigenvalue weighted by molar-refractivity contribution is 0.277. The van der Waals surface area contributed by atoms with Gasteiger partial charge < -0.3 is 5.11 Å². The third kappa shape index (κ3) is 4.19. The van der Waals surface area contributed by atoms with Gasteiger partial charge in [-0.1, -0.05) is 54.1 Å². The van der Waals surface area contributed by atoms with E-state index >= 15 is 0 Å². The summed E-state index contributed by atoms with van der Waals surface area (Å²) < 4.78 is 0. The second-order valence-electron chi connectivity index (χ2n) is 4.27. The Bertz CT molecular complexity index is 522. The highest BCUT2D eigenvalue weighted by Crippen LogP contribution is 2.20. The quantitative estimate of drug-likeness (QED) is 0.824. The monoisotopic (exact) mass is 273 g/mol. The molecular formula is C16H16ClNO. The maximum absolute atomic E-state index is 9.14. The van der Waals surface area contributed by atoms with Crippen LogP contribution in [0.25, 0.3) is 0 Å². The SMILES string of the molecule is OCCC(N=Cc1ccc(Cl)cc1)c1ccccc1. The number of aliphatic imine (C=N–C) groups is 1. The maximum atomic E-state index is 9.14. The molecule has 0 aromatic heterocycles. The summed E-state index contributed by atoms with van der Waals surface area (Å²) in [6.45, 7) is 0.123. The highest BCUT2D eigenvalue weighted by Gasteiger charge is 2.07. The number of aliphatic hydroxyl groups excluding tert-OH is 1. The van der Waals surface area contributed by atoms with Crippen LogP contribution in [-0.2, 0) is 0 Å². The van der Waals surface area contributed by atoms with Crippen LogP contribution < -0.4 is 0 Å². The van der Waals surface area contributed by atoms with Gasteiger partial charge in [0.2, 0.25) is 0 Å². The van der Waals surface area contributed by atoms with Crippen LogP contribution in [0.5, 0.6) is 0 Å². The van der Waals surface area contributed by atoms with Crippen LogP contribution in [0, 0.1) is 0 Å². The minimum atomic E-state index is -0.0121. The van der Waals surface area contributed by atoms with Crippen LogP contribution in [0.4, 0.5) is 0 Å². The van der Waals surface area contributed by atoms with Gasteiger partial charge in [0.1, 0.15) is 0 Å². The minimum absolute atomic E-state index is 0.0121. The lowest BCUT2D eigenvalue weighted by atomic mass is 10.0. The van der Waals surface area contributed by atoms with Gasteiger partial charge in [-0.05, 0) is 29.7 Å². The summed E-state index contributed by atoms with van der Waals surface area (Å²) in [4.78, 5) is 4.56. The van der Waals surface area contributed by atoms with E-state index in [2.05, 4.69) is 4.99 Å². The first-order valence-corrected chi connectivity index (χ1v) is 6.62. The van der Waals surface area contributed by atoms with Crippen molar-refractivity contribution in [3.8, 4) is 0 Å². The van der Waals surface area contributed by atoms with E-state index < -0.39 is 0 Å². The van der Waals surface area contributed by atoms with Gasteiger partial charge in [0.15, 0.2) is 0 Å². The zero-order chi connectivity index (χ0) is 13.5. The number of hydrogen-bond donors (Lipinski definition) is 1. The summed E-state index contributed by atoms with van der Waals surface area (Å²) in [7, 11) is 0. The maximum Gasteiger partial charge on any atom is 0.0771 e. The molecule has 0 heterocycles. The lowest BCUT2D eigenvalue weighted by Gasteiger charge is -2.11. The molecule has 3 heteroatoms. The molecule has 0 saturated carbocycles. The fraction of sp³-hybridized carbons (Fsp3) is 0.188. The van der Waals surface area contributed by atoms with Crippen molar-refractivity contribution in [1.29, 1.82) is 0 Å². The van der Waals surface area contributed by atoms with E-state index in [1.165, 1.54) is 0 Å². The summed E-state index contributed by atoms with van der Waals surface area (Å²) in [5.74, 6) is 0. The van der Waals surface area contributed by atoms with Gasteiger partial charge in [0.25, 0.3) is 0 Å². The molecule has 1 atom stereocenters. The third-order valence-electron chi connectivity index (χ3n) is 2.86. The number of benzene rings is 2. The van der Waals surface area contributed by atoms with Gasteiger partial charge in [-0.2, -0.15) is 0 Å². The normalized spacial score (nSPS) is 12.7. The van der Waals surface area contributed by atoms with Gasteiger partial charge in [0, 0.05) is 17.8 Å². The van der Waals surface area contributed by atoms with Crippen molar-refractivity contribution in [2.45, 2.75) is 12.5 Å². The molecule has 0 fully saturated rings. The van der Waals surface area contributed by atoms with Crippen molar-refractivity contribution >= 4 is 17.8 Å². The molecule has 0 amide bonds. The van der Waals surface area contributed by atoms with Crippen LogP contribution in [-0.4, -0.2) is 17.9 Å². The second-order valence-corrected chi connectivity index (χ2v) is 4.70. The molecule has 98 valence electrons. The average molecular weight is 274 g/mol. The Balaban J connectivity index is 2.14. The molecule has 1 unspecified atom stereocenters. The molecule has 2 nitrogen and oxygen atoms in total. The Kier molecular flexibility index (Phi) is 5.13. The van der Waals surface area contributed by atoms with Crippen molar-refractivity contribution < 1.29 is 5.11 Å². The Morgan fingerprint density at radius 2 is 1.74 bits per heavy atom. The van der Waals surface area contributed by atoms with E-state index in [0.29, 0.717) is 11.4 Å². The second kappa shape index (κ2) is 7.07. The van der Waals surface area contributed by atoms with Crippen molar-refractivity contribution in [3.63, 3.8) is 0 Å². The van der Waals surface area contributed by atoms with Gasteiger partial charge in [-0.3, -0.25) is 4.99 Å². The van der Waals surface area contributed by atoms with E-state index in [9.17, 15) is 0 Å². The molecule has 2 aromatic carbocycles. The van der Waals surface area contributed by atoms with E-state index in [4.69, 9.17) is 16.7 Å². The van der Waals surface area contributed by atoms with Crippen LogP contribution >= 0.6 is 11.6 Å². The van der Waals surface area contributed by atoms with Crippen molar-refractivity contribution in [2.24, 2.45) is 4.99 Å². The number of halogens is 1. The molecular weight excluding hydrogens is 258 g/mol. The summed E-state index contributed by atoms with van der Waals surface area (Å²) in [5, 5.41) is 9.86. The number of nitrogens with zero attached hydrogens (tertiary/aromatic N) is 1. The van der Waals surface area contributed by atoms with Crippen molar-refractivity contribution in [2.75, 3.05) is 6.61 Å². The fourth-order valence-electron chi connectivity index (χ4n) is 1.85. The summed E-state index contributed by atoms with van der Waals surface area (Å²) in [5.41, 5.74) is 2.12. The van der Waals surface area contributed by atoms with E-state index in [1.807, 2.05) is 60.8 Å². The van der Waals surface area contributed by atoms with Crippen LogP contribution in [0.15, 0.2) is 59.6 Å². The summed E-state index contributed by atoms with van der Waals surface area (Å²) >= 11 is 5.84. The van der Waals surface area contributed by atoms with Crippen molar-refractivity contribution in [3.05, 3.63) is 70.7 Å². The molecule has 0 saturated heterocycles. The zero-order valence-electron chi connectivity index (χ0n) is 10.5. The van der Waals surface area contributed by atoms with E-state index in [-0.39, 0.29) is 12.6 Å². The highest BCUT2D eigenvalue weighted by molar-refractivity contribution is 6.30. The Morgan fingerprint density at radius 1 is 1.05 bits per heavy atom. The summed E-state index contributed by atoms with van der Waals surface area (Å²) in [6.07, 6.45) is 2.44. The average Bonchev–Trinajstić information content (AvgIpc) is 2.46. The Morgan fingerprint density at radius 3 is 2.37 bits per heavy atom. The number of rotatable bonds is 5. The highest BCUT2D eigenvalue weighted by atomic mass is 35.5. The molecule has 0 aliphatic carbocycles. The van der Waals surface area contributed by atoms with Gasteiger partial charge in [0.05, 0.1) is 6.04 Å². The van der Waals surface area contributed by atoms with Gasteiger partial charge >= 0.3 is 0 Å². The van der Waals surface area contributed by atoms with Crippen LogP contribution in [0.2, 0.25) is 5.02 Å². The first kappa shape index (κ1) is 13.8. The fourth-order valence-corrected chi connectivity index (χ4v) is 1.98. The Labute approximate surface area is 118 Å². The topological polar surface area (TPSA) is 32.6 Å². The number of hydrogen-bond acceptors (Lipinski definition) is 2. The molecule has 1 N–H and O–H groups in total. The summed E-state index contributed by atoms with van der Waals surface area (Å²) in [6, 6.07) is 17.5. The van der Waals surface area contributed by atoms with E-state index in [0.717, 1.165) is 11.1 Å². The first-order chi connectivity index (χ1) is 9.29. The molecule has 2 aromatic rings. The molecule has 0 radical (unpaired) electrons. The van der Waals surface area contributed by atoms with Gasteiger partial charge in [-0.15, -0.1) is 0 Å².